The fraction of sp³-hybridized carbons (Fsp3) is 0.483. The van der Waals surface area contributed by atoms with Crippen LogP contribution in [0, 0.1) is 17.8 Å². The van der Waals surface area contributed by atoms with Gasteiger partial charge in [0.2, 0.25) is 5.91 Å². The van der Waals surface area contributed by atoms with Gasteiger partial charge in [-0.05, 0) is 48.6 Å². The largest absolute Gasteiger partial charge is 0.466 e. The van der Waals surface area contributed by atoms with Crippen LogP contribution in [0.15, 0.2) is 55.1 Å². The van der Waals surface area contributed by atoms with E-state index in [1.165, 1.54) is 0 Å². The van der Waals surface area contributed by atoms with E-state index in [4.69, 9.17) is 4.74 Å². The Morgan fingerprint density at radius 3 is 2.73 bits per heavy atom. The summed E-state index contributed by atoms with van der Waals surface area (Å²) in [6, 6.07) is 13.2. The van der Waals surface area contributed by atoms with Crippen molar-refractivity contribution in [1.29, 1.82) is 0 Å². The number of aliphatic hydroxyl groups excluding tert-OH is 1. The van der Waals surface area contributed by atoms with Gasteiger partial charge >= 0.3 is 5.97 Å². The third kappa shape index (κ3) is 3.96. The zero-order chi connectivity index (χ0) is 26.3. The van der Waals surface area contributed by atoms with Crippen LogP contribution < -0.4 is 4.90 Å². The monoisotopic (exact) mass is 522 g/mol. The van der Waals surface area contributed by atoms with Gasteiger partial charge in [-0.3, -0.25) is 14.4 Å². The van der Waals surface area contributed by atoms with E-state index in [-0.39, 0.29) is 48.7 Å². The molecule has 0 saturated carbocycles. The number of ether oxygens (including phenoxy) is 1. The first-order valence-electron chi connectivity index (χ1n) is 13.1. The number of carbonyl (C=O) groups is 3. The molecule has 1 N–H and O–H groups in total. The second kappa shape index (κ2) is 10.1. The van der Waals surface area contributed by atoms with Crippen molar-refractivity contribution in [1.82, 2.24) is 4.90 Å². The van der Waals surface area contributed by atoms with Crippen molar-refractivity contribution in [2.24, 2.45) is 17.8 Å². The van der Waals surface area contributed by atoms with E-state index in [1.807, 2.05) is 42.5 Å². The zero-order valence-corrected chi connectivity index (χ0v) is 22.2. The summed E-state index contributed by atoms with van der Waals surface area (Å²) in [5.41, 5.74) is 0.741. The van der Waals surface area contributed by atoms with Crippen molar-refractivity contribution in [3.05, 3.63) is 55.1 Å². The quantitative estimate of drug-likeness (QED) is 0.400. The van der Waals surface area contributed by atoms with Crippen molar-refractivity contribution in [2.45, 2.75) is 42.7 Å². The van der Waals surface area contributed by atoms with Crippen LogP contribution in [0.4, 0.5) is 5.69 Å². The molecule has 1 spiro atoms. The molecule has 196 valence electrons. The van der Waals surface area contributed by atoms with Gasteiger partial charge in [0.15, 0.2) is 0 Å². The molecule has 5 rings (SSSR count). The highest BCUT2D eigenvalue weighted by Gasteiger charge is 2.76. The van der Waals surface area contributed by atoms with Gasteiger partial charge < -0.3 is 19.6 Å². The highest BCUT2D eigenvalue weighted by Crippen LogP contribution is 2.68. The van der Waals surface area contributed by atoms with Gasteiger partial charge in [-0.2, -0.15) is 0 Å². The molecule has 37 heavy (non-hydrogen) atoms. The van der Waals surface area contributed by atoms with E-state index in [9.17, 15) is 19.5 Å². The zero-order valence-electron chi connectivity index (χ0n) is 21.3. The molecular formula is C29H34N2O5S. The Morgan fingerprint density at radius 1 is 1.27 bits per heavy atom. The van der Waals surface area contributed by atoms with Crippen molar-refractivity contribution in [2.75, 3.05) is 31.2 Å². The molecule has 3 saturated heterocycles. The summed E-state index contributed by atoms with van der Waals surface area (Å²) < 4.78 is 4.68. The van der Waals surface area contributed by atoms with Crippen LogP contribution in [0.2, 0.25) is 0 Å². The summed E-state index contributed by atoms with van der Waals surface area (Å²) in [6.45, 7) is 8.47. The van der Waals surface area contributed by atoms with Crippen molar-refractivity contribution >= 4 is 46.0 Å². The Morgan fingerprint density at radius 2 is 2.03 bits per heavy atom. The van der Waals surface area contributed by atoms with Crippen LogP contribution >= 0.6 is 11.8 Å². The summed E-state index contributed by atoms with van der Waals surface area (Å²) in [4.78, 5) is 44.9. The minimum absolute atomic E-state index is 0.0492. The molecule has 0 radical (unpaired) electrons. The molecule has 0 aliphatic carbocycles. The number of hydrogen-bond acceptors (Lipinski definition) is 6. The number of benzene rings is 2. The van der Waals surface area contributed by atoms with Gasteiger partial charge in [-0.15, -0.1) is 18.3 Å². The summed E-state index contributed by atoms with van der Waals surface area (Å²) in [5.74, 6) is -1.80. The Bertz CT molecular complexity index is 1230. The Labute approximate surface area is 221 Å². The third-order valence-corrected chi connectivity index (χ3v) is 10.3. The van der Waals surface area contributed by atoms with Gasteiger partial charge in [0.05, 0.1) is 23.2 Å². The maximum absolute atomic E-state index is 14.6. The second-order valence-electron chi connectivity index (χ2n) is 10.2. The predicted octanol–water partition coefficient (Wildman–Crippen LogP) is 3.64. The number of esters is 1. The lowest BCUT2D eigenvalue weighted by molar-refractivity contribution is -0.154. The molecule has 2 bridgehead atoms. The maximum Gasteiger partial charge on any atom is 0.310 e. The fourth-order valence-corrected chi connectivity index (χ4v) is 9.13. The lowest BCUT2D eigenvalue weighted by Crippen LogP contribution is -2.57. The van der Waals surface area contributed by atoms with E-state index in [0.717, 1.165) is 22.9 Å². The van der Waals surface area contributed by atoms with E-state index < -0.39 is 22.6 Å². The minimum Gasteiger partial charge on any atom is -0.466 e. The molecule has 3 fully saturated rings. The molecule has 2 aromatic rings. The summed E-state index contributed by atoms with van der Waals surface area (Å²) in [7, 11) is 0. The number of nitrogens with zero attached hydrogens (tertiary/aromatic N) is 2. The van der Waals surface area contributed by atoms with Gasteiger partial charge in [0.25, 0.3) is 5.91 Å². The van der Waals surface area contributed by atoms with E-state index in [0.29, 0.717) is 13.0 Å². The normalized spacial score (nSPS) is 30.0. The van der Waals surface area contributed by atoms with Crippen LogP contribution in [0.5, 0.6) is 0 Å². The van der Waals surface area contributed by atoms with Crippen LogP contribution in [0.25, 0.3) is 10.8 Å². The molecule has 7 nitrogen and oxygen atoms in total. The first kappa shape index (κ1) is 25.8. The number of thioether (sulfide) groups is 1. The molecule has 6 atom stereocenters. The van der Waals surface area contributed by atoms with Crippen LogP contribution in [-0.2, 0) is 19.1 Å². The van der Waals surface area contributed by atoms with Crippen LogP contribution in [-0.4, -0.2) is 70.1 Å². The molecule has 3 aliphatic heterocycles. The number of fused-ring (bicyclic) bond motifs is 2. The maximum atomic E-state index is 14.6. The first-order chi connectivity index (χ1) is 17.9. The topological polar surface area (TPSA) is 87.2 Å². The second-order valence-corrected chi connectivity index (χ2v) is 11.7. The SMILES string of the molecule is C=CCN(C(=O)C1N(CCCO)C(=O)[C@@H]2[C@@H](C(=O)OCC)[C@H]3CC(C)C12S3)c1ccc2ccccc2c1. The lowest BCUT2D eigenvalue weighted by atomic mass is 9.66. The number of aliphatic hydroxyl groups is 1. The number of amides is 2. The van der Waals surface area contributed by atoms with Gasteiger partial charge in [0.1, 0.15) is 6.04 Å². The molecular weight excluding hydrogens is 488 g/mol. The number of hydrogen-bond donors (Lipinski definition) is 1. The van der Waals surface area contributed by atoms with Gasteiger partial charge in [-0.1, -0.05) is 43.3 Å². The van der Waals surface area contributed by atoms with Gasteiger partial charge in [0, 0.05) is 30.6 Å². The van der Waals surface area contributed by atoms with E-state index >= 15 is 0 Å². The number of anilines is 1. The molecule has 3 aliphatic rings. The molecule has 8 heteroatoms. The third-order valence-electron chi connectivity index (χ3n) is 8.22. The standard InChI is InChI=1S/C29H34N2O5S/c1-4-13-30(21-12-11-19-9-6-7-10-20(19)17-21)27(34)25-29-18(3)16-22(37-29)23(28(35)36-5-2)24(29)26(33)31(25)14-8-15-32/h4,6-7,9-12,17-18,22-25,32H,1,5,8,13-16H2,2-3H3/t18?,22-,23+,24+,25?,29?/m1/s1. The first-order valence-corrected chi connectivity index (χ1v) is 13.9. The smallest absolute Gasteiger partial charge is 0.310 e. The Hall–Kier alpha value is -2.84. The van der Waals surface area contributed by atoms with Crippen LogP contribution in [0.3, 0.4) is 0 Å². The summed E-state index contributed by atoms with van der Waals surface area (Å²) >= 11 is 1.63. The Balaban J connectivity index is 1.59. The summed E-state index contributed by atoms with van der Waals surface area (Å²) in [5, 5.41) is 11.6. The molecule has 0 aromatic heterocycles. The van der Waals surface area contributed by atoms with Crippen molar-refractivity contribution in [3.8, 4) is 0 Å². The predicted molar refractivity (Wildman–Crippen MR) is 145 cm³/mol. The average molecular weight is 523 g/mol. The van der Waals surface area contributed by atoms with Crippen molar-refractivity contribution < 1.29 is 24.2 Å². The molecule has 2 amide bonds. The van der Waals surface area contributed by atoms with Crippen molar-refractivity contribution in [3.63, 3.8) is 0 Å². The number of likely N-dealkylation sites (tertiary alicyclic amines) is 1. The lowest BCUT2D eigenvalue weighted by Gasteiger charge is -2.40. The fourth-order valence-electron chi connectivity index (χ4n) is 6.73. The molecule has 2 aromatic carbocycles. The number of rotatable bonds is 9. The number of carbonyl (C=O) groups excluding carboxylic acids is 3. The van der Waals surface area contributed by atoms with E-state index in [2.05, 4.69) is 13.5 Å². The molecule has 3 heterocycles. The highest BCUT2D eigenvalue weighted by molar-refractivity contribution is 8.02. The summed E-state index contributed by atoms with van der Waals surface area (Å²) in [6.07, 6.45) is 2.82. The highest BCUT2D eigenvalue weighted by atomic mass is 32.2. The van der Waals surface area contributed by atoms with Crippen LogP contribution in [0.1, 0.15) is 26.7 Å². The Kier molecular flexibility index (Phi) is 7.07. The van der Waals surface area contributed by atoms with E-state index in [1.54, 1.807) is 34.6 Å². The molecule has 3 unspecified atom stereocenters. The van der Waals surface area contributed by atoms with Gasteiger partial charge in [-0.25, -0.2) is 0 Å². The average Bonchev–Trinajstić information content (AvgIpc) is 3.49. The minimum atomic E-state index is -0.743.